The summed E-state index contributed by atoms with van der Waals surface area (Å²) >= 11 is 16.8. The van der Waals surface area contributed by atoms with E-state index in [1.54, 1.807) is 23.1 Å². The average molecular weight is 522 g/mol. The van der Waals surface area contributed by atoms with E-state index in [1.807, 2.05) is 25.1 Å². The molecule has 10 heteroatoms. The van der Waals surface area contributed by atoms with E-state index >= 15 is 0 Å². The molecule has 0 fully saturated rings. The summed E-state index contributed by atoms with van der Waals surface area (Å²) in [7, 11) is 0. The maximum atomic E-state index is 13.1. The number of benzene rings is 2. The van der Waals surface area contributed by atoms with Crippen molar-refractivity contribution in [2.45, 2.75) is 6.92 Å². The monoisotopic (exact) mass is 520 g/mol. The van der Waals surface area contributed by atoms with E-state index in [2.05, 4.69) is 26.0 Å². The van der Waals surface area contributed by atoms with Crippen molar-refractivity contribution in [2.24, 2.45) is 0 Å². The number of fused-ring (bicyclic) bond motifs is 2. The Hall–Kier alpha value is -2.26. The number of likely N-dealkylation sites (N-methyl/N-ethyl adjacent to an activating group) is 1. The zero-order valence-electron chi connectivity index (χ0n) is 15.3. The number of amides is 1. The van der Waals surface area contributed by atoms with Crippen LogP contribution in [0.2, 0.25) is 10.0 Å². The molecule has 0 N–H and O–H groups in total. The molecule has 6 nitrogen and oxygen atoms in total. The number of carbonyl (C=O) groups excluding carboxylic acids is 1. The number of anilines is 1. The van der Waals surface area contributed by atoms with E-state index < -0.39 is 0 Å². The zero-order valence-corrected chi connectivity index (χ0v) is 19.2. The molecular weight excluding hydrogens is 511 g/mol. The van der Waals surface area contributed by atoms with Crippen molar-refractivity contribution in [3.63, 3.8) is 0 Å². The molecule has 0 bridgehead atoms. The summed E-state index contributed by atoms with van der Waals surface area (Å²) < 4.78 is 2.36. The van der Waals surface area contributed by atoms with Gasteiger partial charge in [0.1, 0.15) is 4.53 Å². The van der Waals surface area contributed by atoms with Crippen molar-refractivity contribution in [3.8, 4) is 11.4 Å². The van der Waals surface area contributed by atoms with E-state index in [-0.39, 0.29) is 11.5 Å². The van der Waals surface area contributed by atoms with Gasteiger partial charge in [-0.2, -0.15) is 9.50 Å². The quantitative estimate of drug-likeness (QED) is 0.397. The molecule has 0 saturated carbocycles. The maximum Gasteiger partial charge on any atom is 0.291 e. The third-order valence-corrected chi connectivity index (χ3v) is 6.92. The Morgan fingerprint density at radius 3 is 2.60 bits per heavy atom. The molecule has 1 aliphatic heterocycles. The first kappa shape index (κ1) is 19.7. The Balaban J connectivity index is 1.75. The number of rotatable bonds is 2. The van der Waals surface area contributed by atoms with Gasteiger partial charge in [-0.3, -0.25) is 9.59 Å². The molecule has 0 radical (unpaired) electrons. The van der Waals surface area contributed by atoms with E-state index in [1.165, 1.54) is 4.52 Å². The first-order chi connectivity index (χ1) is 14.4. The molecule has 0 aliphatic carbocycles. The fourth-order valence-electron chi connectivity index (χ4n) is 3.51. The first-order valence-electron chi connectivity index (χ1n) is 8.90. The SMILES string of the molecule is CCN1C(=O)C(=c2sc3nc(-c4ccc(Cl)cc4Cl)nn3c2=O)c2cc(Br)ccc21. The van der Waals surface area contributed by atoms with Crippen LogP contribution in [0.25, 0.3) is 21.9 Å². The van der Waals surface area contributed by atoms with E-state index in [0.717, 1.165) is 27.1 Å². The van der Waals surface area contributed by atoms with Gasteiger partial charge in [0.15, 0.2) is 5.82 Å². The van der Waals surface area contributed by atoms with Crippen molar-refractivity contribution in [1.29, 1.82) is 0 Å². The predicted octanol–water partition coefficient (Wildman–Crippen LogP) is 4.17. The maximum absolute atomic E-state index is 13.1. The molecule has 150 valence electrons. The zero-order chi connectivity index (χ0) is 21.2. The number of thiazole rings is 1. The summed E-state index contributed by atoms with van der Waals surface area (Å²) in [6, 6.07) is 10.6. The molecule has 1 amide bonds. The minimum Gasteiger partial charge on any atom is -0.308 e. The molecule has 0 atom stereocenters. The first-order valence-corrected chi connectivity index (χ1v) is 11.3. The van der Waals surface area contributed by atoms with Crippen LogP contribution in [0.4, 0.5) is 5.69 Å². The topological polar surface area (TPSA) is 67.6 Å². The van der Waals surface area contributed by atoms with E-state index in [4.69, 9.17) is 23.2 Å². The predicted molar refractivity (Wildman–Crippen MR) is 122 cm³/mol. The number of hydrogen-bond donors (Lipinski definition) is 0. The van der Waals surface area contributed by atoms with Gasteiger partial charge in [-0.15, -0.1) is 5.10 Å². The lowest BCUT2D eigenvalue weighted by molar-refractivity contribution is -0.113. The second kappa shape index (κ2) is 7.16. The summed E-state index contributed by atoms with van der Waals surface area (Å²) in [5, 5.41) is 5.22. The molecule has 3 heterocycles. The van der Waals surface area contributed by atoms with Gasteiger partial charge in [-0.1, -0.05) is 50.5 Å². The third kappa shape index (κ3) is 2.90. The minimum atomic E-state index is -0.383. The Labute approximate surface area is 192 Å². The van der Waals surface area contributed by atoms with Crippen LogP contribution in [-0.2, 0) is 4.79 Å². The molecular formula is C20H11BrCl2N4O2S. The Kier molecular flexibility index (Phi) is 4.70. The molecule has 0 spiro atoms. The fourth-order valence-corrected chi connectivity index (χ4v) is 5.36. The molecule has 5 rings (SSSR count). The van der Waals surface area contributed by atoms with Gasteiger partial charge in [0.05, 0.1) is 16.3 Å². The summed E-state index contributed by atoms with van der Waals surface area (Å²) in [6.07, 6.45) is 0. The summed E-state index contributed by atoms with van der Waals surface area (Å²) in [5.41, 5.74) is 2.08. The number of aromatic nitrogens is 3. The lowest BCUT2D eigenvalue weighted by atomic mass is 10.1. The molecule has 0 unspecified atom stereocenters. The molecule has 2 aromatic carbocycles. The van der Waals surface area contributed by atoms with Crippen molar-refractivity contribution in [3.05, 3.63) is 71.4 Å². The molecule has 0 saturated heterocycles. The summed E-state index contributed by atoms with van der Waals surface area (Å²) in [4.78, 5) is 32.7. The fraction of sp³-hybridized carbons (Fsp3) is 0.100. The largest absolute Gasteiger partial charge is 0.308 e. The molecule has 1 aliphatic rings. The van der Waals surface area contributed by atoms with Gasteiger partial charge in [0, 0.05) is 27.2 Å². The molecule has 2 aromatic heterocycles. The van der Waals surface area contributed by atoms with Crippen LogP contribution in [0.3, 0.4) is 0 Å². The lowest BCUT2D eigenvalue weighted by Crippen LogP contribution is -2.32. The van der Waals surface area contributed by atoms with Gasteiger partial charge < -0.3 is 4.90 Å². The van der Waals surface area contributed by atoms with Crippen LogP contribution in [0.15, 0.2) is 45.7 Å². The van der Waals surface area contributed by atoms with E-state index in [9.17, 15) is 9.59 Å². The Morgan fingerprint density at radius 1 is 1.10 bits per heavy atom. The van der Waals surface area contributed by atoms with Crippen molar-refractivity contribution in [1.82, 2.24) is 14.6 Å². The van der Waals surface area contributed by atoms with Gasteiger partial charge in [-0.25, -0.2) is 0 Å². The van der Waals surface area contributed by atoms with Gasteiger partial charge in [0.25, 0.3) is 11.5 Å². The average Bonchev–Trinajstić information content (AvgIpc) is 3.32. The summed E-state index contributed by atoms with van der Waals surface area (Å²) in [6.45, 7) is 2.40. The number of nitrogens with zero attached hydrogens (tertiary/aromatic N) is 4. The van der Waals surface area contributed by atoms with Crippen LogP contribution in [0.5, 0.6) is 0 Å². The highest BCUT2D eigenvalue weighted by Gasteiger charge is 2.33. The van der Waals surface area contributed by atoms with Crippen LogP contribution >= 0.6 is 50.5 Å². The Morgan fingerprint density at radius 2 is 1.90 bits per heavy atom. The van der Waals surface area contributed by atoms with Crippen molar-refractivity contribution < 1.29 is 4.79 Å². The van der Waals surface area contributed by atoms with Gasteiger partial charge in [-0.05, 0) is 43.3 Å². The van der Waals surface area contributed by atoms with Gasteiger partial charge in [0.2, 0.25) is 4.96 Å². The highest BCUT2D eigenvalue weighted by Crippen LogP contribution is 2.37. The van der Waals surface area contributed by atoms with Crippen molar-refractivity contribution >= 4 is 72.6 Å². The second-order valence-corrected chi connectivity index (χ2v) is 9.31. The second-order valence-electron chi connectivity index (χ2n) is 6.58. The number of carbonyl (C=O) groups is 1. The third-order valence-electron chi connectivity index (χ3n) is 4.85. The lowest BCUT2D eigenvalue weighted by Gasteiger charge is -2.13. The van der Waals surface area contributed by atoms with Crippen LogP contribution in [0, 0.1) is 0 Å². The Bertz CT molecular complexity index is 1480. The highest BCUT2D eigenvalue weighted by molar-refractivity contribution is 9.10. The molecule has 30 heavy (non-hydrogen) atoms. The normalized spacial score (nSPS) is 15.3. The van der Waals surface area contributed by atoms with Crippen molar-refractivity contribution in [2.75, 3.05) is 11.4 Å². The number of hydrogen-bond acceptors (Lipinski definition) is 5. The summed E-state index contributed by atoms with van der Waals surface area (Å²) in [5.74, 6) is 0.126. The standard InChI is InChI=1S/C20H11BrCl2N4O2S/c1-2-26-14-6-3-9(21)7-12(14)15(18(26)28)16-19(29)27-20(30-16)24-17(25-27)11-5-4-10(22)8-13(11)23/h3-8H,2H2,1H3. The smallest absolute Gasteiger partial charge is 0.291 e. The molecule has 4 aromatic rings. The van der Waals surface area contributed by atoms with Crippen LogP contribution in [0.1, 0.15) is 12.5 Å². The van der Waals surface area contributed by atoms with E-state index in [0.29, 0.717) is 43.0 Å². The van der Waals surface area contributed by atoms with Crippen LogP contribution in [-0.4, -0.2) is 27.0 Å². The van der Waals surface area contributed by atoms with Crippen LogP contribution < -0.4 is 15.0 Å². The number of halogens is 3. The highest BCUT2D eigenvalue weighted by atomic mass is 79.9. The minimum absolute atomic E-state index is 0.201. The van der Waals surface area contributed by atoms with Gasteiger partial charge >= 0.3 is 0 Å².